The second kappa shape index (κ2) is 9.45. The number of nitrogens with zero attached hydrogens (tertiary/aromatic N) is 1. The van der Waals surface area contributed by atoms with Gasteiger partial charge in [-0.1, -0.05) is 42.5 Å². The first-order valence-corrected chi connectivity index (χ1v) is 10.5. The van der Waals surface area contributed by atoms with Crippen LogP contribution in [0.1, 0.15) is 12.5 Å². The molecule has 8 nitrogen and oxygen atoms in total. The van der Waals surface area contributed by atoms with Crippen molar-refractivity contribution in [1.82, 2.24) is 10.2 Å². The molecule has 0 bridgehead atoms. The van der Waals surface area contributed by atoms with Crippen LogP contribution in [0.2, 0.25) is 0 Å². The lowest BCUT2D eigenvalue weighted by molar-refractivity contribution is -0.144. The summed E-state index contributed by atoms with van der Waals surface area (Å²) in [5.41, 5.74) is 0.962. The second-order valence-electron chi connectivity index (χ2n) is 7.57. The zero-order chi connectivity index (χ0) is 21.8. The molecular formula is C23H26N2O6. The predicted octanol–water partition coefficient (Wildman–Crippen LogP) is 1.06. The Morgan fingerprint density at radius 3 is 2.61 bits per heavy atom. The van der Waals surface area contributed by atoms with Crippen LogP contribution in [0.4, 0.5) is 0 Å². The quantitative estimate of drug-likeness (QED) is 0.525. The number of rotatable bonds is 7. The number of morpholine rings is 1. The van der Waals surface area contributed by atoms with Crippen LogP contribution in [0.3, 0.4) is 0 Å². The van der Waals surface area contributed by atoms with Crippen molar-refractivity contribution in [3.63, 3.8) is 0 Å². The highest BCUT2D eigenvalue weighted by atomic mass is 16.6. The van der Waals surface area contributed by atoms with Gasteiger partial charge in [0.1, 0.15) is 6.04 Å². The van der Waals surface area contributed by atoms with Gasteiger partial charge < -0.3 is 24.4 Å². The highest BCUT2D eigenvalue weighted by molar-refractivity contribution is 5.96. The molecular weight excluding hydrogens is 400 g/mol. The van der Waals surface area contributed by atoms with Gasteiger partial charge >= 0.3 is 5.97 Å². The normalized spacial score (nSPS) is 21.4. The first kappa shape index (κ1) is 21.3. The molecule has 2 aromatic carbocycles. The van der Waals surface area contributed by atoms with E-state index in [4.69, 9.17) is 14.2 Å². The molecule has 0 aliphatic carbocycles. The monoisotopic (exact) mass is 426 g/mol. The third kappa shape index (κ3) is 4.86. The Morgan fingerprint density at radius 2 is 1.84 bits per heavy atom. The summed E-state index contributed by atoms with van der Waals surface area (Å²) in [5.74, 6) is -1.21. The van der Waals surface area contributed by atoms with Crippen molar-refractivity contribution in [3.05, 3.63) is 48.0 Å². The van der Waals surface area contributed by atoms with Crippen molar-refractivity contribution in [3.8, 4) is 0 Å². The largest absolute Gasteiger partial charge is 0.464 e. The number of carbonyl (C=O) groups excluding carboxylic acids is 3. The Kier molecular flexibility index (Phi) is 6.48. The minimum Gasteiger partial charge on any atom is -0.464 e. The SMILES string of the molecule is CCOC(=O)[C@H]1O[C@@H]1C(=O)N[C@@H](Cc1cccc2ccccc12)C(=O)N1CCOCC1. The Morgan fingerprint density at radius 1 is 1.10 bits per heavy atom. The van der Waals surface area contributed by atoms with Crippen LogP contribution in [0, 0.1) is 0 Å². The average Bonchev–Trinajstić information content (AvgIpc) is 3.60. The minimum absolute atomic E-state index is 0.169. The summed E-state index contributed by atoms with van der Waals surface area (Å²) in [6.07, 6.45) is -1.50. The molecule has 0 radical (unpaired) electrons. The zero-order valence-corrected chi connectivity index (χ0v) is 17.4. The van der Waals surface area contributed by atoms with Gasteiger partial charge in [0, 0.05) is 19.5 Å². The van der Waals surface area contributed by atoms with E-state index in [-0.39, 0.29) is 12.5 Å². The summed E-state index contributed by atoms with van der Waals surface area (Å²) < 4.78 is 15.5. The number of ether oxygens (including phenoxy) is 3. The maximum atomic E-state index is 13.3. The first-order chi connectivity index (χ1) is 15.1. The number of carbonyl (C=O) groups is 3. The molecule has 2 aliphatic rings. The molecule has 2 aliphatic heterocycles. The summed E-state index contributed by atoms with van der Waals surface area (Å²) in [7, 11) is 0. The minimum atomic E-state index is -0.924. The van der Waals surface area contributed by atoms with E-state index in [2.05, 4.69) is 5.32 Å². The third-order valence-electron chi connectivity index (χ3n) is 5.51. The standard InChI is InChI=1S/C23H26N2O6/c1-2-30-23(28)20-19(31-20)21(26)24-18(22(27)25-10-12-29-13-11-25)14-16-8-5-7-15-6-3-4-9-17(15)16/h3-9,18-20H,2,10-14H2,1H3,(H,24,26)/t18-,19-,20-/m0/s1. The lowest BCUT2D eigenvalue weighted by Crippen LogP contribution is -2.53. The van der Waals surface area contributed by atoms with E-state index in [0.29, 0.717) is 32.7 Å². The number of amides is 2. The molecule has 8 heteroatoms. The number of hydrogen-bond donors (Lipinski definition) is 1. The molecule has 1 N–H and O–H groups in total. The van der Waals surface area contributed by atoms with Gasteiger partial charge in [0.15, 0.2) is 12.2 Å². The Balaban J connectivity index is 1.52. The molecule has 0 unspecified atom stereocenters. The van der Waals surface area contributed by atoms with E-state index in [1.165, 1.54) is 0 Å². The summed E-state index contributed by atoms with van der Waals surface area (Å²) in [6.45, 7) is 3.80. The molecule has 2 heterocycles. The van der Waals surface area contributed by atoms with Gasteiger partial charge in [-0.15, -0.1) is 0 Å². The van der Waals surface area contributed by atoms with Crippen LogP contribution >= 0.6 is 0 Å². The summed E-state index contributed by atoms with van der Waals surface area (Å²) in [4.78, 5) is 39.5. The van der Waals surface area contributed by atoms with E-state index < -0.39 is 30.1 Å². The lowest BCUT2D eigenvalue weighted by atomic mass is 9.98. The summed E-state index contributed by atoms with van der Waals surface area (Å²) in [5, 5.41) is 4.91. The lowest BCUT2D eigenvalue weighted by Gasteiger charge is -2.31. The average molecular weight is 426 g/mol. The van der Waals surface area contributed by atoms with Gasteiger partial charge in [0.2, 0.25) is 5.91 Å². The van der Waals surface area contributed by atoms with Crippen molar-refractivity contribution in [2.24, 2.45) is 0 Å². The molecule has 3 atom stereocenters. The van der Waals surface area contributed by atoms with Crippen molar-refractivity contribution in [1.29, 1.82) is 0 Å². The van der Waals surface area contributed by atoms with Gasteiger partial charge in [-0.25, -0.2) is 4.79 Å². The van der Waals surface area contributed by atoms with Crippen LogP contribution in [0.5, 0.6) is 0 Å². The predicted molar refractivity (Wildman–Crippen MR) is 112 cm³/mol. The Bertz CT molecular complexity index is 966. The third-order valence-corrected chi connectivity index (χ3v) is 5.51. The Labute approximate surface area is 180 Å². The molecule has 2 amide bonds. The highest BCUT2D eigenvalue weighted by Crippen LogP contribution is 2.25. The number of hydrogen-bond acceptors (Lipinski definition) is 6. The molecule has 2 saturated heterocycles. The number of esters is 1. The molecule has 2 fully saturated rings. The smallest absolute Gasteiger partial charge is 0.338 e. The molecule has 2 aromatic rings. The number of fused-ring (bicyclic) bond motifs is 1. The van der Waals surface area contributed by atoms with Gasteiger partial charge in [-0.05, 0) is 23.3 Å². The number of nitrogens with one attached hydrogen (secondary N) is 1. The fraction of sp³-hybridized carbons (Fsp3) is 0.435. The highest BCUT2D eigenvalue weighted by Gasteiger charge is 2.52. The van der Waals surface area contributed by atoms with E-state index in [1.54, 1.807) is 11.8 Å². The molecule has 4 rings (SSSR count). The molecule has 0 saturated carbocycles. The van der Waals surface area contributed by atoms with E-state index in [1.807, 2.05) is 42.5 Å². The van der Waals surface area contributed by atoms with Crippen molar-refractivity contribution < 1.29 is 28.6 Å². The molecule has 31 heavy (non-hydrogen) atoms. The fourth-order valence-corrected chi connectivity index (χ4v) is 3.86. The van der Waals surface area contributed by atoms with Crippen LogP contribution in [0.15, 0.2) is 42.5 Å². The van der Waals surface area contributed by atoms with E-state index in [0.717, 1.165) is 16.3 Å². The zero-order valence-electron chi connectivity index (χ0n) is 17.4. The van der Waals surface area contributed by atoms with Gasteiger partial charge in [0.25, 0.3) is 5.91 Å². The van der Waals surface area contributed by atoms with Gasteiger partial charge in [-0.3, -0.25) is 9.59 Å². The van der Waals surface area contributed by atoms with Crippen LogP contribution in [-0.2, 0) is 35.0 Å². The maximum absolute atomic E-state index is 13.3. The molecule has 0 aromatic heterocycles. The van der Waals surface area contributed by atoms with E-state index >= 15 is 0 Å². The summed E-state index contributed by atoms with van der Waals surface area (Å²) >= 11 is 0. The molecule has 164 valence electrons. The fourth-order valence-electron chi connectivity index (χ4n) is 3.86. The maximum Gasteiger partial charge on any atom is 0.338 e. The van der Waals surface area contributed by atoms with Gasteiger partial charge in [-0.2, -0.15) is 0 Å². The van der Waals surface area contributed by atoms with Crippen LogP contribution in [-0.4, -0.2) is 73.8 Å². The van der Waals surface area contributed by atoms with Crippen molar-refractivity contribution in [2.75, 3.05) is 32.9 Å². The first-order valence-electron chi connectivity index (χ1n) is 10.5. The summed E-state index contributed by atoms with van der Waals surface area (Å²) in [6, 6.07) is 13.1. The topological polar surface area (TPSA) is 97.5 Å². The van der Waals surface area contributed by atoms with Crippen molar-refractivity contribution >= 4 is 28.6 Å². The van der Waals surface area contributed by atoms with Crippen molar-refractivity contribution in [2.45, 2.75) is 31.6 Å². The van der Waals surface area contributed by atoms with Gasteiger partial charge in [0.05, 0.1) is 19.8 Å². The van der Waals surface area contributed by atoms with Crippen LogP contribution in [0.25, 0.3) is 10.8 Å². The number of benzene rings is 2. The Hall–Kier alpha value is -2.97. The van der Waals surface area contributed by atoms with Crippen LogP contribution < -0.4 is 5.32 Å². The van der Waals surface area contributed by atoms with E-state index in [9.17, 15) is 14.4 Å². The number of epoxide rings is 1. The second-order valence-corrected chi connectivity index (χ2v) is 7.57. The molecule has 0 spiro atoms.